The van der Waals surface area contributed by atoms with Gasteiger partial charge in [-0.05, 0) is 24.7 Å². The SMILES string of the molecule is CCC(=O)N1CCC2(CC1)CC2Br. The van der Waals surface area contributed by atoms with Gasteiger partial charge in [0.15, 0.2) is 0 Å². The maximum Gasteiger partial charge on any atom is 0.222 e. The maximum absolute atomic E-state index is 11.4. The van der Waals surface area contributed by atoms with Gasteiger partial charge in [0, 0.05) is 24.3 Å². The quantitative estimate of drug-likeness (QED) is 0.649. The van der Waals surface area contributed by atoms with Gasteiger partial charge in [-0.3, -0.25) is 4.79 Å². The van der Waals surface area contributed by atoms with Gasteiger partial charge in [-0.1, -0.05) is 22.9 Å². The van der Waals surface area contributed by atoms with Gasteiger partial charge in [0.1, 0.15) is 0 Å². The van der Waals surface area contributed by atoms with Crippen LogP contribution in [0.3, 0.4) is 0 Å². The van der Waals surface area contributed by atoms with Crippen molar-refractivity contribution in [2.24, 2.45) is 5.41 Å². The lowest BCUT2D eigenvalue weighted by Crippen LogP contribution is -2.39. The highest BCUT2D eigenvalue weighted by molar-refractivity contribution is 9.09. The van der Waals surface area contributed by atoms with Gasteiger partial charge in [0.25, 0.3) is 0 Å². The minimum absolute atomic E-state index is 0.321. The van der Waals surface area contributed by atoms with Crippen LogP contribution in [0.15, 0.2) is 0 Å². The van der Waals surface area contributed by atoms with E-state index in [0.717, 1.165) is 17.9 Å². The first-order valence-electron chi connectivity index (χ1n) is 5.10. The molecule has 0 radical (unpaired) electrons. The number of carbonyl (C=O) groups excluding carboxylic acids is 1. The van der Waals surface area contributed by atoms with Gasteiger partial charge in [-0.2, -0.15) is 0 Å². The molecule has 1 amide bonds. The smallest absolute Gasteiger partial charge is 0.222 e. The van der Waals surface area contributed by atoms with Gasteiger partial charge in [0.05, 0.1) is 0 Å². The average molecular weight is 246 g/mol. The Bertz CT molecular complexity index is 221. The molecule has 2 nitrogen and oxygen atoms in total. The van der Waals surface area contributed by atoms with Gasteiger partial charge in [-0.15, -0.1) is 0 Å². The van der Waals surface area contributed by atoms with Crippen molar-refractivity contribution >= 4 is 21.8 Å². The molecule has 0 N–H and O–H groups in total. The van der Waals surface area contributed by atoms with Crippen molar-refractivity contribution in [3.63, 3.8) is 0 Å². The summed E-state index contributed by atoms with van der Waals surface area (Å²) in [7, 11) is 0. The molecule has 3 heteroatoms. The highest BCUT2D eigenvalue weighted by Gasteiger charge is 2.53. The van der Waals surface area contributed by atoms with E-state index in [0.29, 0.717) is 17.7 Å². The fourth-order valence-corrected chi connectivity index (χ4v) is 3.34. The van der Waals surface area contributed by atoms with Crippen LogP contribution in [0, 0.1) is 5.41 Å². The lowest BCUT2D eigenvalue weighted by molar-refractivity contribution is -0.132. The molecule has 2 fully saturated rings. The first-order chi connectivity index (χ1) is 6.18. The van der Waals surface area contributed by atoms with Gasteiger partial charge in [0.2, 0.25) is 5.91 Å². The van der Waals surface area contributed by atoms with Crippen molar-refractivity contribution in [2.75, 3.05) is 13.1 Å². The molecule has 0 bridgehead atoms. The number of rotatable bonds is 1. The van der Waals surface area contributed by atoms with Gasteiger partial charge >= 0.3 is 0 Å². The van der Waals surface area contributed by atoms with Crippen LogP contribution in [0.5, 0.6) is 0 Å². The zero-order valence-corrected chi connectivity index (χ0v) is 9.64. The summed E-state index contributed by atoms with van der Waals surface area (Å²) in [5.74, 6) is 0.321. The predicted molar refractivity (Wildman–Crippen MR) is 55.9 cm³/mol. The van der Waals surface area contributed by atoms with E-state index in [1.54, 1.807) is 0 Å². The number of likely N-dealkylation sites (tertiary alicyclic amines) is 1. The van der Waals surface area contributed by atoms with Crippen LogP contribution in [0.1, 0.15) is 32.6 Å². The minimum atomic E-state index is 0.321. The van der Waals surface area contributed by atoms with Crippen LogP contribution in [0.4, 0.5) is 0 Å². The Morgan fingerprint density at radius 2 is 2.08 bits per heavy atom. The number of nitrogens with zero attached hydrogens (tertiary/aromatic N) is 1. The van der Waals surface area contributed by atoms with Crippen molar-refractivity contribution in [2.45, 2.75) is 37.4 Å². The third-order valence-corrected chi connectivity index (χ3v) is 4.80. The van der Waals surface area contributed by atoms with E-state index < -0.39 is 0 Å². The van der Waals surface area contributed by atoms with E-state index in [2.05, 4.69) is 15.9 Å². The molecule has 1 aliphatic carbocycles. The van der Waals surface area contributed by atoms with Crippen LogP contribution in [-0.2, 0) is 4.79 Å². The Hall–Kier alpha value is -0.0500. The molecule has 13 heavy (non-hydrogen) atoms. The van der Waals surface area contributed by atoms with Crippen LogP contribution in [0.2, 0.25) is 0 Å². The zero-order valence-electron chi connectivity index (χ0n) is 8.05. The molecule has 1 aliphatic heterocycles. The number of hydrogen-bond donors (Lipinski definition) is 0. The molecule has 1 saturated heterocycles. The van der Waals surface area contributed by atoms with Gasteiger partial charge < -0.3 is 4.90 Å². The first kappa shape index (κ1) is 9.50. The molecule has 2 rings (SSSR count). The molecule has 1 atom stereocenters. The molecule has 2 aliphatic rings. The summed E-state index contributed by atoms with van der Waals surface area (Å²) >= 11 is 3.67. The molecule has 74 valence electrons. The number of amides is 1. The highest BCUT2D eigenvalue weighted by Crippen LogP contribution is 2.58. The first-order valence-corrected chi connectivity index (χ1v) is 6.01. The molecule has 0 aromatic rings. The van der Waals surface area contributed by atoms with E-state index >= 15 is 0 Å². The summed E-state index contributed by atoms with van der Waals surface area (Å²) in [6, 6.07) is 0. The summed E-state index contributed by atoms with van der Waals surface area (Å²) in [5.41, 5.74) is 0.574. The van der Waals surface area contributed by atoms with E-state index in [4.69, 9.17) is 0 Å². The largest absolute Gasteiger partial charge is 0.343 e. The molecule has 1 unspecified atom stereocenters. The second kappa shape index (κ2) is 3.26. The lowest BCUT2D eigenvalue weighted by atomic mass is 9.93. The second-order valence-corrected chi connectivity index (χ2v) is 5.37. The van der Waals surface area contributed by atoms with Crippen LogP contribution >= 0.6 is 15.9 Å². The van der Waals surface area contributed by atoms with E-state index in [1.165, 1.54) is 19.3 Å². The summed E-state index contributed by atoms with van der Waals surface area (Å²) < 4.78 is 0. The Morgan fingerprint density at radius 1 is 1.54 bits per heavy atom. The molecular formula is C10H16BrNO. The van der Waals surface area contributed by atoms with E-state index in [9.17, 15) is 4.79 Å². The van der Waals surface area contributed by atoms with Crippen molar-refractivity contribution in [1.29, 1.82) is 0 Å². The summed E-state index contributed by atoms with van der Waals surface area (Å²) in [4.78, 5) is 14.1. The molecule has 1 spiro atoms. The Balaban J connectivity index is 1.86. The number of piperidine rings is 1. The molecular weight excluding hydrogens is 230 g/mol. The molecule has 0 aromatic carbocycles. The zero-order chi connectivity index (χ0) is 9.47. The van der Waals surface area contributed by atoms with Crippen LogP contribution in [-0.4, -0.2) is 28.7 Å². The number of alkyl halides is 1. The maximum atomic E-state index is 11.4. The Labute approximate surface area is 87.8 Å². The predicted octanol–water partition coefficient (Wildman–Crippen LogP) is 2.17. The third kappa shape index (κ3) is 1.63. The monoisotopic (exact) mass is 245 g/mol. The molecule has 0 aromatic heterocycles. The minimum Gasteiger partial charge on any atom is -0.343 e. The highest BCUT2D eigenvalue weighted by atomic mass is 79.9. The fourth-order valence-electron chi connectivity index (χ4n) is 2.24. The number of hydrogen-bond acceptors (Lipinski definition) is 1. The average Bonchev–Trinajstić information content (AvgIpc) is 2.76. The van der Waals surface area contributed by atoms with E-state index in [1.807, 2.05) is 11.8 Å². The Kier molecular flexibility index (Phi) is 2.39. The Morgan fingerprint density at radius 3 is 2.46 bits per heavy atom. The standard InChI is InChI=1S/C10H16BrNO/c1-2-9(13)12-5-3-10(4-6-12)7-8(10)11/h8H,2-7H2,1H3. The second-order valence-electron chi connectivity index (χ2n) is 4.27. The third-order valence-electron chi connectivity index (χ3n) is 3.50. The fraction of sp³-hybridized carbons (Fsp3) is 0.900. The van der Waals surface area contributed by atoms with E-state index in [-0.39, 0.29) is 0 Å². The number of halogens is 1. The molecule has 1 heterocycles. The van der Waals surface area contributed by atoms with Crippen molar-refractivity contribution < 1.29 is 4.79 Å². The summed E-state index contributed by atoms with van der Waals surface area (Å²) in [5, 5.41) is 0. The normalized spacial score (nSPS) is 30.6. The van der Waals surface area contributed by atoms with Gasteiger partial charge in [-0.25, -0.2) is 0 Å². The molecule has 1 saturated carbocycles. The lowest BCUT2D eigenvalue weighted by Gasteiger charge is -2.32. The van der Waals surface area contributed by atoms with Crippen molar-refractivity contribution in [1.82, 2.24) is 4.90 Å². The van der Waals surface area contributed by atoms with Crippen molar-refractivity contribution in [3.05, 3.63) is 0 Å². The van der Waals surface area contributed by atoms with Crippen LogP contribution < -0.4 is 0 Å². The summed E-state index contributed by atoms with van der Waals surface area (Å²) in [6.45, 7) is 3.90. The summed E-state index contributed by atoms with van der Waals surface area (Å²) in [6.07, 6.45) is 4.38. The number of carbonyl (C=O) groups is 1. The van der Waals surface area contributed by atoms with Crippen molar-refractivity contribution in [3.8, 4) is 0 Å². The van der Waals surface area contributed by atoms with Crippen LogP contribution in [0.25, 0.3) is 0 Å². The topological polar surface area (TPSA) is 20.3 Å².